The summed E-state index contributed by atoms with van der Waals surface area (Å²) in [7, 11) is 0. The molecule has 0 aliphatic carbocycles. The summed E-state index contributed by atoms with van der Waals surface area (Å²) in [5, 5.41) is 0.546. The summed E-state index contributed by atoms with van der Waals surface area (Å²) in [6.07, 6.45) is 0.775. The molecule has 0 saturated carbocycles. The molecule has 1 heterocycles. The third-order valence-corrected chi connectivity index (χ3v) is 2.30. The topological polar surface area (TPSA) is 21.3 Å². The van der Waals surface area contributed by atoms with Crippen molar-refractivity contribution in [2.75, 3.05) is 6.61 Å². The molecule has 70 valence electrons. The fourth-order valence-corrected chi connectivity index (χ4v) is 1.58. The van der Waals surface area contributed by atoms with Crippen LogP contribution in [0, 0.1) is 5.82 Å². The van der Waals surface area contributed by atoms with Gasteiger partial charge in [0.15, 0.2) is 0 Å². The Bertz CT molecular complexity index is 312. The fourth-order valence-electron chi connectivity index (χ4n) is 1.40. The van der Waals surface area contributed by atoms with Gasteiger partial charge >= 0.3 is 0 Å². The van der Waals surface area contributed by atoms with Gasteiger partial charge < -0.3 is 4.84 Å². The van der Waals surface area contributed by atoms with E-state index in [-0.39, 0.29) is 11.9 Å². The van der Waals surface area contributed by atoms with Gasteiger partial charge in [-0.3, -0.25) is 0 Å². The minimum Gasteiger partial charge on any atom is -0.301 e. The van der Waals surface area contributed by atoms with Gasteiger partial charge in [0.05, 0.1) is 12.6 Å². The monoisotopic (exact) mass is 201 g/mol. The van der Waals surface area contributed by atoms with Crippen LogP contribution in [-0.4, -0.2) is 6.61 Å². The van der Waals surface area contributed by atoms with E-state index in [2.05, 4.69) is 5.48 Å². The van der Waals surface area contributed by atoms with Gasteiger partial charge in [0.2, 0.25) is 0 Å². The van der Waals surface area contributed by atoms with Gasteiger partial charge in [-0.2, -0.15) is 5.48 Å². The number of hydrogen-bond acceptors (Lipinski definition) is 2. The van der Waals surface area contributed by atoms with E-state index < -0.39 is 0 Å². The van der Waals surface area contributed by atoms with Crippen LogP contribution in [0.25, 0.3) is 0 Å². The Hall–Kier alpha value is -0.640. The first-order chi connectivity index (χ1) is 6.27. The maximum atomic E-state index is 13.3. The standard InChI is InChI=1S/C9H9ClFNO/c10-6-1-2-8(11)7(5-6)9-3-4-13-12-9/h1-2,5,9,12H,3-4H2/t9-/m1/s1. The first kappa shape index (κ1) is 8.94. The Kier molecular flexibility index (Phi) is 2.49. The van der Waals surface area contributed by atoms with Gasteiger partial charge in [-0.15, -0.1) is 0 Å². The summed E-state index contributed by atoms with van der Waals surface area (Å²) < 4.78 is 13.3. The maximum absolute atomic E-state index is 13.3. The summed E-state index contributed by atoms with van der Waals surface area (Å²) in [5.74, 6) is -0.243. The van der Waals surface area contributed by atoms with E-state index in [0.29, 0.717) is 17.2 Å². The SMILES string of the molecule is Fc1ccc(Cl)cc1[C@H]1CCON1. The van der Waals surface area contributed by atoms with Crippen LogP contribution in [0.2, 0.25) is 5.02 Å². The van der Waals surface area contributed by atoms with Crippen LogP contribution in [0.4, 0.5) is 4.39 Å². The molecular formula is C9H9ClFNO. The van der Waals surface area contributed by atoms with Crippen molar-refractivity contribution in [3.05, 3.63) is 34.6 Å². The normalized spacial score (nSPS) is 22.2. The van der Waals surface area contributed by atoms with E-state index in [1.165, 1.54) is 12.1 Å². The Labute approximate surface area is 80.6 Å². The molecule has 1 fully saturated rings. The highest BCUT2D eigenvalue weighted by atomic mass is 35.5. The summed E-state index contributed by atoms with van der Waals surface area (Å²) >= 11 is 5.76. The highest BCUT2D eigenvalue weighted by Crippen LogP contribution is 2.26. The highest BCUT2D eigenvalue weighted by molar-refractivity contribution is 6.30. The van der Waals surface area contributed by atoms with Crippen LogP contribution in [0.3, 0.4) is 0 Å². The molecule has 0 spiro atoms. The average molecular weight is 202 g/mol. The third kappa shape index (κ3) is 1.82. The van der Waals surface area contributed by atoms with Gasteiger partial charge in [0, 0.05) is 10.6 Å². The molecule has 0 amide bonds. The van der Waals surface area contributed by atoms with E-state index >= 15 is 0 Å². The van der Waals surface area contributed by atoms with Crippen LogP contribution in [0.15, 0.2) is 18.2 Å². The molecule has 2 rings (SSSR count). The van der Waals surface area contributed by atoms with E-state index in [1.807, 2.05) is 0 Å². The molecule has 1 aromatic rings. The fraction of sp³-hybridized carbons (Fsp3) is 0.333. The lowest BCUT2D eigenvalue weighted by Gasteiger charge is -2.09. The van der Waals surface area contributed by atoms with E-state index in [1.54, 1.807) is 6.07 Å². The number of hydroxylamine groups is 1. The predicted molar refractivity (Wildman–Crippen MR) is 47.9 cm³/mol. The Morgan fingerprint density at radius 3 is 3.08 bits per heavy atom. The van der Waals surface area contributed by atoms with Gasteiger partial charge in [0.25, 0.3) is 0 Å². The zero-order valence-corrected chi connectivity index (χ0v) is 7.64. The van der Waals surface area contributed by atoms with Crippen LogP contribution >= 0.6 is 11.6 Å². The lowest BCUT2D eigenvalue weighted by molar-refractivity contribution is 0.0877. The predicted octanol–water partition coefficient (Wildman–Crippen LogP) is 2.45. The summed E-state index contributed by atoms with van der Waals surface area (Å²) in [4.78, 5) is 4.95. The quantitative estimate of drug-likeness (QED) is 0.754. The number of halogens is 2. The van der Waals surface area contributed by atoms with E-state index in [0.717, 1.165) is 6.42 Å². The second kappa shape index (κ2) is 3.62. The Balaban J connectivity index is 2.32. The first-order valence-corrected chi connectivity index (χ1v) is 4.47. The van der Waals surface area contributed by atoms with Gasteiger partial charge in [-0.1, -0.05) is 11.6 Å². The molecule has 2 nitrogen and oxygen atoms in total. The van der Waals surface area contributed by atoms with Crippen LogP contribution < -0.4 is 5.48 Å². The number of rotatable bonds is 1. The second-order valence-electron chi connectivity index (χ2n) is 2.97. The molecule has 1 aromatic carbocycles. The van der Waals surface area contributed by atoms with Crippen LogP contribution in [-0.2, 0) is 4.84 Å². The largest absolute Gasteiger partial charge is 0.301 e. The lowest BCUT2D eigenvalue weighted by Crippen LogP contribution is -2.12. The lowest BCUT2D eigenvalue weighted by atomic mass is 10.1. The first-order valence-electron chi connectivity index (χ1n) is 4.09. The molecule has 4 heteroatoms. The molecule has 0 radical (unpaired) electrons. The minimum absolute atomic E-state index is 0.0706. The third-order valence-electron chi connectivity index (χ3n) is 2.07. The molecule has 0 bridgehead atoms. The summed E-state index contributed by atoms with van der Waals surface area (Å²) in [5.41, 5.74) is 3.32. The van der Waals surface area contributed by atoms with Crippen molar-refractivity contribution in [2.24, 2.45) is 0 Å². The molecule has 0 unspecified atom stereocenters. The Morgan fingerprint density at radius 1 is 1.54 bits per heavy atom. The van der Waals surface area contributed by atoms with Crippen molar-refractivity contribution in [3.63, 3.8) is 0 Å². The van der Waals surface area contributed by atoms with Crippen molar-refractivity contribution in [3.8, 4) is 0 Å². The number of hydrogen-bond donors (Lipinski definition) is 1. The molecule has 1 aliphatic rings. The van der Waals surface area contributed by atoms with Crippen molar-refractivity contribution in [2.45, 2.75) is 12.5 Å². The second-order valence-corrected chi connectivity index (χ2v) is 3.41. The van der Waals surface area contributed by atoms with Gasteiger partial charge in [-0.25, -0.2) is 4.39 Å². The number of nitrogens with one attached hydrogen (secondary N) is 1. The molecule has 13 heavy (non-hydrogen) atoms. The van der Waals surface area contributed by atoms with Crippen LogP contribution in [0.5, 0.6) is 0 Å². The van der Waals surface area contributed by atoms with Crippen molar-refractivity contribution >= 4 is 11.6 Å². The zero-order valence-electron chi connectivity index (χ0n) is 6.89. The summed E-state index contributed by atoms with van der Waals surface area (Å²) in [6.45, 7) is 0.608. The van der Waals surface area contributed by atoms with Crippen LogP contribution in [0.1, 0.15) is 18.0 Å². The molecule has 0 aromatic heterocycles. The average Bonchev–Trinajstić information content (AvgIpc) is 2.61. The highest BCUT2D eigenvalue weighted by Gasteiger charge is 2.20. The molecular weight excluding hydrogens is 193 g/mol. The van der Waals surface area contributed by atoms with Crippen molar-refractivity contribution in [1.82, 2.24) is 5.48 Å². The molecule has 1 saturated heterocycles. The molecule has 1 atom stereocenters. The summed E-state index contributed by atoms with van der Waals surface area (Å²) in [6, 6.07) is 4.47. The van der Waals surface area contributed by atoms with E-state index in [9.17, 15) is 4.39 Å². The minimum atomic E-state index is -0.243. The molecule has 1 N–H and O–H groups in total. The van der Waals surface area contributed by atoms with E-state index in [4.69, 9.17) is 16.4 Å². The smallest absolute Gasteiger partial charge is 0.128 e. The molecule has 1 aliphatic heterocycles. The maximum Gasteiger partial charge on any atom is 0.128 e. The zero-order chi connectivity index (χ0) is 9.26. The van der Waals surface area contributed by atoms with Gasteiger partial charge in [-0.05, 0) is 24.6 Å². The van der Waals surface area contributed by atoms with Crippen molar-refractivity contribution in [1.29, 1.82) is 0 Å². The van der Waals surface area contributed by atoms with Crippen molar-refractivity contribution < 1.29 is 9.23 Å². The Morgan fingerprint density at radius 2 is 2.38 bits per heavy atom. The van der Waals surface area contributed by atoms with Gasteiger partial charge in [0.1, 0.15) is 5.82 Å². The number of benzene rings is 1.